The number of hydrogen-bond donors (Lipinski definition) is 2. The molecule has 1 aliphatic carbocycles. The second-order valence-electron chi connectivity index (χ2n) is 6.19. The summed E-state index contributed by atoms with van der Waals surface area (Å²) < 4.78 is 11.0. The van der Waals surface area contributed by atoms with Crippen LogP contribution in [0.25, 0.3) is 0 Å². The molecule has 0 amide bonds. The first kappa shape index (κ1) is 16.8. The van der Waals surface area contributed by atoms with E-state index < -0.39 is 0 Å². The zero-order valence-corrected chi connectivity index (χ0v) is 14.3. The molecule has 6 nitrogen and oxygen atoms in total. The third-order valence-corrected chi connectivity index (χ3v) is 4.57. The predicted molar refractivity (Wildman–Crippen MR) is 98.4 cm³/mol. The van der Waals surface area contributed by atoms with Gasteiger partial charge in [0.2, 0.25) is 0 Å². The molecule has 134 valence electrons. The molecule has 6 heteroatoms. The van der Waals surface area contributed by atoms with E-state index in [9.17, 15) is 9.59 Å². The largest absolute Gasteiger partial charge is 0.382 e. The number of carbonyl (C=O) groups excluding carboxylic acids is 2. The Balaban J connectivity index is 1.81. The quantitative estimate of drug-likeness (QED) is 0.647. The monoisotopic (exact) mass is 352 g/mol. The minimum atomic E-state index is -0.141. The van der Waals surface area contributed by atoms with Gasteiger partial charge in [-0.3, -0.25) is 9.59 Å². The highest BCUT2D eigenvalue weighted by molar-refractivity contribution is 6.31. The van der Waals surface area contributed by atoms with E-state index in [1.54, 1.807) is 24.3 Å². The number of benzene rings is 2. The summed E-state index contributed by atoms with van der Waals surface area (Å²) in [4.78, 5) is 26.2. The normalized spacial score (nSPS) is 17.5. The Morgan fingerprint density at radius 3 is 1.65 bits per heavy atom. The zero-order chi connectivity index (χ0) is 17.9. The average Bonchev–Trinajstić information content (AvgIpc) is 2.67. The summed E-state index contributed by atoms with van der Waals surface area (Å²) in [5, 5.41) is 6.45. The summed E-state index contributed by atoms with van der Waals surface area (Å²) in [6.45, 7) is 3.12. The van der Waals surface area contributed by atoms with Crippen molar-refractivity contribution in [3.05, 3.63) is 58.7 Å². The first-order valence-electron chi connectivity index (χ1n) is 8.76. The van der Waals surface area contributed by atoms with Gasteiger partial charge in [0.25, 0.3) is 0 Å². The summed E-state index contributed by atoms with van der Waals surface area (Å²) >= 11 is 0. The topological polar surface area (TPSA) is 76.7 Å². The number of ether oxygens (including phenoxy) is 2. The van der Waals surface area contributed by atoms with Gasteiger partial charge in [0.15, 0.2) is 11.6 Å². The maximum Gasteiger partial charge on any atom is 0.198 e. The molecule has 1 heterocycles. The van der Waals surface area contributed by atoms with Gasteiger partial charge in [-0.25, -0.2) is 0 Å². The lowest BCUT2D eigenvalue weighted by atomic mass is 9.82. The molecule has 2 aromatic rings. The van der Waals surface area contributed by atoms with Crippen LogP contribution >= 0.6 is 0 Å². The SMILES string of the molecule is O=C1c2cccc3c2C(=O)c2c(cccc21)NCCOCCOCCN3. The fourth-order valence-corrected chi connectivity index (χ4v) is 3.37. The summed E-state index contributed by atoms with van der Waals surface area (Å²) in [5.74, 6) is -0.267. The number of anilines is 2. The van der Waals surface area contributed by atoms with Crippen molar-refractivity contribution in [1.82, 2.24) is 0 Å². The fraction of sp³-hybridized carbons (Fsp3) is 0.300. The summed E-state index contributed by atoms with van der Waals surface area (Å²) in [6.07, 6.45) is 0. The molecule has 2 aliphatic rings. The maximum atomic E-state index is 13.3. The van der Waals surface area contributed by atoms with Gasteiger partial charge in [-0.2, -0.15) is 0 Å². The van der Waals surface area contributed by atoms with Gasteiger partial charge in [0.05, 0.1) is 37.6 Å². The van der Waals surface area contributed by atoms with Crippen LogP contribution in [0.2, 0.25) is 0 Å². The molecule has 0 saturated carbocycles. The van der Waals surface area contributed by atoms with Crippen LogP contribution < -0.4 is 10.6 Å². The molecule has 2 bridgehead atoms. The Bertz CT molecular complexity index is 795. The molecule has 26 heavy (non-hydrogen) atoms. The molecule has 2 aromatic carbocycles. The van der Waals surface area contributed by atoms with E-state index in [0.29, 0.717) is 73.1 Å². The van der Waals surface area contributed by atoms with Gasteiger partial charge in [-0.15, -0.1) is 0 Å². The molecule has 0 atom stereocenters. The molecule has 0 unspecified atom stereocenters. The second kappa shape index (κ2) is 7.27. The minimum absolute atomic E-state index is 0.126. The Labute approximate surface area is 151 Å². The van der Waals surface area contributed by atoms with E-state index in [2.05, 4.69) is 10.6 Å². The van der Waals surface area contributed by atoms with Crippen molar-refractivity contribution in [2.75, 3.05) is 50.2 Å². The van der Waals surface area contributed by atoms with E-state index in [1.807, 2.05) is 12.1 Å². The fourth-order valence-electron chi connectivity index (χ4n) is 3.37. The summed E-state index contributed by atoms with van der Waals surface area (Å²) in [7, 11) is 0. The van der Waals surface area contributed by atoms with Crippen LogP contribution in [0.4, 0.5) is 11.4 Å². The molecule has 1 aliphatic heterocycles. The molecule has 0 radical (unpaired) electrons. The van der Waals surface area contributed by atoms with Crippen LogP contribution in [0.15, 0.2) is 36.4 Å². The molecule has 2 N–H and O–H groups in total. The van der Waals surface area contributed by atoms with E-state index in [4.69, 9.17) is 9.47 Å². The van der Waals surface area contributed by atoms with Gasteiger partial charge < -0.3 is 20.1 Å². The molecule has 0 aromatic heterocycles. The molecule has 0 fully saturated rings. The molecule has 4 rings (SSSR count). The van der Waals surface area contributed by atoms with Crippen LogP contribution in [0.1, 0.15) is 31.8 Å². The van der Waals surface area contributed by atoms with Crippen molar-refractivity contribution in [1.29, 1.82) is 0 Å². The standard InChI is InChI=1S/C20H20N2O4/c23-19-13-3-1-5-15-17(13)20(24)18-14(19)4-2-6-16(18)22-8-10-26-12-11-25-9-7-21-15/h1-6,21-22H,7-12H2. The van der Waals surface area contributed by atoms with Crippen LogP contribution in [0.3, 0.4) is 0 Å². The summed E-state index contributed by atoms with van der Waals surface area (Å²) in [6, 6.07) is 10.7. The van der Waals surface area contributed by atoms with Crippen molar-refractivity contribution in [3.8, 4) is 0 Å². The number of hydrogen-bond acceptors (Lipinski definition) is 6. The Morgan fingerprint density at radius 1 is 0.654 bits per heavy atom. The van der Waals surface area contributed by atoms with E-state index in [0.717, 1.165) is 0 Å². The van der Waals surface area contributed by atoms with Crippen LogP contribution in [0, 0.1) is 0 Å². The zero-order valence-electron chi connectivity index (χ0n) is 14.3. The Morgan fingerprint density at radius 2 is 1.15 bits per heavy atom. The molecular formula is C20H20N2O4. The van der Waals surface area contributed by atoms with E-state index in [1.165, 1.54) is 0 Å². The first-order chi connectivity index (χ1) is 12.8. The third kappa shape index (κ3) is 2.98. The van der Waals surface area contributed by atoms with Crippen LogP contribution in [-0.2, 0) is 9.47 Å². The Kier molecular flexibility index (Phi) is 4.69. The van der Waals surface area contributed by atoms with Crippen molar-refractivity contribution < 1.29 is 19.1 Å². The highest BCUT2D eigenvalue weighted by atomic mass is 16.5. The molecule has 0 saturated heterocycles. The first-order valence-corrected chi connectivity index (χ1v) is 8.76. The summed E-state index contributed by atoms with van der Waals surface area (Å²) in [5.41, 5.74) is 3.08. The third-order valence-electron chi connectivity index (χ3n) is 4.57. The molecule has 0 spiro atoms. The lowest BCUT2D eigenvalue weighted by Gasteiger charge is -2.23. The minimum Gasteiger partial charge on any atom is -0.382 e. The highest BCUT2D eigenvalue weighted by Gasteiger charge is 2.33. The maximum absolute atomic E-state index is 13.3. The van der Waals surface area contributed by atoms with E-state index >= 15 is 0 Å². The number of ketones is 2. The lowest BCUT2D eigenvalue weighted by molar-refractivity contribution is 0.0557. The second-order valence-corrected chi connectivity index (χ2v) is 6.19. The lowest BCUT2D eigenvalue weighted by Crippen LogP contribution is -2.25. The average molecular weight is 352 g/mol. The van der Waals surface area contributed by atoms with Gasteiger partial charge in [-0.05, 0) is 12.1 Å². The van der Waals surface area contributed by atoms with Crippen molar-refractivity contribution in [2.45, 2.75) is 0 Å². The predicted octanol–water partition coefficient (Wildman–Crippen LogP) is 2.33. The van der Waals surface area contributed by atoms with Gasteiger partial charge >= 0.3 is 0 Å². The number of rotatable bonds is 0. The van der Waals surface area contributed by atoms with Gasteiger partial charge in [0.1, 0.15) is 0 Å². The van der Waals surface area contributed by atoms with Gasteiger partial charge in [-0.1, -0.05) is 24.3 Å². The van der Waals surface area contributed by atoms with Crippen molar-refractivity contribution in [2.24, 2.45) is 0 Å². The van der Waals surface area contributed by atoms with Crippen molar-refractivity contribution in [3.63, 3.8) is 0 Å². The smallest absolute Gasteiger partial charge is 0.198 e. The van der Waals surface area contributed by atoms with Crippen LogP contribution in [0.5, 0.6) is 0 Å². The van der Waals surface area contributed by atoms with Gasteiger partial charge in [0, 0.05) is 35.6 Å². The molecular weight excluding hydrogens is 332 g/mol. The number of nitrogens with one attached hydrogen (secondary N) is 2. The van der Waals surface area contributed by atoms with Crippen LogP contribution in [-0.4, -0.2) is 51.1 Å². The Hall–Kier alpha value is -2.70. The highest BCUT2D eigenvalue weighted by Crippen LogP contribution is 2.35. The number of carbonyl (C=O) groups is 2. The van der Waals surface area contributed by atoms with E-state index in [-0.39, 0.29) is 11.6 Å². The van der Waals surface area contributed by atoms with Crippen molar-refractivity contribution >= 4 is 22.9 Å².